The first-order valence-corrected chi connectivity index (χ1v) is 7.71. The minimum absolute atomic E-state index is 0.201. The van der Waals surface area contributed by atoms with Crippen molar-refractivity contribution >= 4 is 11.9 Å². The number of carbonyl (C=O) groups is 2. The van der Waals surface area contributed by atoms with Crippen molar-refractivity contribution in [3.63, 3.8) is 0 Å². The van der Waals surface area contributed by atoms with Gasteiger partial charge in [0.05, 0.1) is 12.9 Å². The van der Waals surface area contributed by atoms with Crippen LogP contribution in [0.2, 0.25) is 0 Å². The number of urea groups is 1. The molecule has 0 saturated carbocycles. The van der Waals surface area contributed by atoms with Gasteiger partial charge in [0.25, 0.3) is 0 Å². The maximum atomic E-state index is 12.0. The van der Waals surface area contributed by atoms with E-state index in [-0.39, 0.29) is 11.9 Å². The first-order valence-electron chi connectivity index (χ1n) is 7.71. The Morgan fingerprint density at radius 3 is 2.88 bits per heavy atom. The highest BCUT2D eigenvalue weighted by atomic mass is 16.5. The molecule has 3 N–H and O–H groups in total. The van der Waals surface area contributed by atoms with E-state index >= 15 is 0 Å². The number of benzene rings is 1. The molecule has 1 aliphatic rings. The van der Waals surface area contributed by atoms with Crippen LogP contribution >= 0.6 is 0 Å². The van der Waals surface area contributed by atoms with Gasteiger partial charge >= 0.3 is 6.03 Å². The van der Waals surface area contributed by atoms with Gasteiger partial charge in [-0.2, -0.15) is 0 Å². The van der Waals surface area contributed by atoms with Crippen LogP contribution in [0.3, 0.4) is 0 Å². The van der Waals surface area contributed by atoms with Crippen molar-refractivity contribution in [2.75, 3.05) is 6.54 Å². The van der Waals surface area contributed by atoms with Crippen LogP contribution in [0.15, 0.2) is 47.1 Å². The van der Waals surface area contributed by atoms with Crippen molar-refractivity contribution in [2.24, 2.45) is 0 Å². The molecule has 2 heterocycles. The van der Waals surface area contributed by atoms with Crippen LogP contribution < -0.4 is 16.0 Å². The zero-order valence-corrected chi connectivity index (χ0v) is 13.1. The van der Waals surface area contributed by atoms with Gasteiger partial charge in [-0.25, -0.2) is 4.79 Å². The predicted octanol–water partition coefficient (Wildman–Crippen LogP) is 1.29. The van der Waals surface area contributed by atoms with Crippen LogP contribution in [-0.4, -0.2) is 24.5 Å². The molecular weight excluding hydrogens is 310 g/mol. The number of furan rings is 1. The van der Waals surface area contributed by atoms with Crippen molar-refractivity contribution in [2.45, 2.75) is 25.8 Å². The summed E-state index contributed by atoms with van der Waals surface area (Å²) >= 11 is 0. The summed E-state index contributed by atoms with van der Waals surface area (Å²) in [5.74, 6) is 0.582. The molecule has 1 fully saturated rings. The van der Waals surface area contributed by atoms with Crippen LogP contribution in [0.5, 0.6) is 0 Å². The number of nitrogens with one attached hydrogen (secondary N) is 3. The van der Waals surface area contributed by atoms with Gasteiger partial charge in [-0.05, 0) is 23.3 Å². The molecule has 7 nitrogen and oxygen atoms in total. The average molecular weight is 329 g/mol. The molecule has 7 heteroatoms. The number of rotatable bonds is 7. The van der Waals surface area contributed by atoms with Crippen LogP contribution in [0.4, 0.5) is 4.79 Å². The Labute approximate surface area is 139 Å². The Morgan fingerprint density at radius 2 is 2.12 bits per heavy atom. The van der Waals surface area contributed by atoms with Gasteiger partial charge in [0.2, 0.25) is 5.91 Å². The highest BCUT2D eigenvalue weighted by molar-refractivity contribution is 5.90. The summed E-state index contributed by atoms with van der Waals surface area (Å²) in [5.41, 5.74) is 1.99. The van der Waals surface area contributed by atoms with Crippen LogP contribution in [0.25, 0.3) is 0 Å². The molecule has 126 valence electrons. The van der Waals surface area contributed by atoms with Gasteiger partial charge in [0.15, 0.2) is 0 Å². The van der Waals surface area contributed by atoms with Gasteiger partial charge in [-0.1, -0.05) is 24.3 Å². The van der Waals surface area contributed by atoms with E-state index in [2.05, 4.69) is 16.0 Å². The summed E-state index contributed by atoms with van der Waals surface area (Å²) in [7, 11) is 0. The molecule has 0 unspecified atom stereocenters. The first-order chi connectivity index (χ1) is 11.7. The largest absolute Gasteiger partial charge is 0.467 e. The second-order valence-electron chi connectivity index (χ2n) is 5.52. The summed E-state index contributed by atoms with van der Waals surface area (Å²) in [4.78, 5) is 23.0. The molecule has 2 aromatic rings. The molecule has 0 aliphatic carbocycles. The predicted molar refractivity (Wildman–Crippen MR) is 85.8 cm³/mol. The van der Waals surface area contributed by atoms with E-state index in [1.165, 1.54) is 0 Å². The van der Waals surface area contributed by atoms with E-state index in [9.17, 15) is 9.59 Å². The smallest absolute Gasteiger partial charge is 0.315 e. The van der Waals surface area contributed by atoms with Crippen LogP contribution in [0.1, 0.15) is 16.9 Å². The molecule has 1 aromatic heterocycles. The van der Waals surface area contributed by atoms with Gasteiger partial charge in [-0.3, -0.25) is 4.79 Å². The second-order valence-corrected chi connectivity index (χ2v) is 5.52. The van der Waals surface area contributed by atoms with E-state index in [1.54, 1.807) is 6.26 Å². The highest BCUT2D eigenvalue weighted by Gasteiger charge is 2.26. The Hall–Kier alpha value is -2.80. The Kier molecular flexibility index (Phi) is 5.12. The fraction of sp³-hybridized carbons (Fsp3) is 0.294. The lowest BCUT2D eigenvalue weighted by Crippen LogP contribution is -2.42. The third kappa shape index (κ3) is 4.36. The van der Waals surface area contributed by atoms with Gasteiger partial charge in [0.1, 0.15) is 18.4 Å². The molecule has 1 aromatic carbocycles. The zero-order chi connectivity index (χ0) is 16.8. The second kappa shape index (κ2) is 7.65. The lowest BCUT2D eigenvalue weighted by molar-refractivity contribution is -0.122. The van der Waals surface area contributed by atoms with E-state index in [1.807, 2.05) is 36.4 Å². The fourth-order valence-electron chi connectivity index (χ4n) is 2.42. The molecular formula is C17H19N3O4. The van der Waals surface area contributed by atoms with Crippen molar-refractivity contribution in [1.29, 1.82) is 0 Å². The summed E-state index contributed by atoms with van der Waals surface area (Å²) in [5, 5.41) is 7.93. The summed E-state index contributed by atoms with van der Waals surface area (Å²) in [6.07, 6.45) is 1.62. The molecule has 0 spiro atoms. The van der Waals surface area contributed by atoms with E-state index < -0.39 is 6.04 Å². The fourth-order valence-corrected chi connectivity index (χ4v) is 2.42. The van der Waals surface area contributed by atoms with Crippen molar-refractivity contribution in [3.05, 3.63) is 59.5 Å². The van der Waals surface area contributed by atoms with Crippen molar-refractivity contribution < 1.29 is 18.7 Å². The Morgan fingerprint density at radius 1 is 1.25 bits per heavy atom. The van der Waals surface area contributed by atoms with E-state index in [0.717, 1.165) is 16.9 Å². The highest BCUT2D eigenvalue weighted by Crippen LogP contribution is 2.09. The monoisotopic (exact) mass is 329 g/mol. The van der Waals surface area contributed by atoms with Crippen LogP contribution in [-0.2, 0) is 29.3 Å². The lowest BCUT2D eigenvalue weighted by atomic mass is 10.1. The average Bonchev–Trinajstić information content (AvgIpc) is 3.25. The molecule has 24 heavy (non-hydrogen) atoms. The Balaban J connectivity index is 1.46. The SMILES string of the molecule is O=C1NC[C@H](C(=O)NCc2cccc(COCc3ccco3)c2)N1. The molecule has 3 rings (SSSR count). The normalized spacial score (nSPS) is 16.5. The topological polar surface area (TPSA) is 92.6 Å². The summed E-state index contributed by atoms with van der Waals surface area (Å²) in [6.45, 7) is 1.59. The molecule has 0 radical (unpaired) electrons. The number of hydrogen-bond donors (Lipinski definition) is 3. The maximum absolute atomic E-state index is 12.0. The van der Waals surface area contributed by atoms with Gasteiger partial charge in [-0.15, -0.1) is 0 Å². The third-order valence-corrected chi connectivity index (χ3v) is 3.64. The van der Waals surface area contributed by atoms with Crippen LogP contribution in [0, 0.1) is 0 Å². The van der Waals surface area contributed by atoms with E-state index in [4.69, 9.17) is 9.15 Å². The number of carbonyl (C=O) groups excluding carboxylic acids is 2. The number of hydrogen-bond acceptors (Lipinski definition) is 4. The number of ether oxygens (including phenoxy) is 1. The minimum Gasteiger partial charge on any atom is -0.467 e. The van der Waals surface area contributed by atoms with Gasteiger partial charge < -0.3 is 25.1 Å². The summed E-state index contributed by atoms with van der Waals surface area (Å²) in [6, 6.07) is 10.7. The molecule has 0 bridgehead atoms. The molecule has 3 amide bonds. The quantitative estimate of drug-likeness (QED) is 0.714. The third-order valence-electron chi connectivity index (χ3n) is 3.64. The molecule has 1 atom stereocenters. The maximum Gasteiger partial charge on any atom is 0.315 e. The zero-order valence-electron chi connectivity index (χ0n) is 13.1. The first kappa shape index (κ1) is 16.1. The molecule has 1 saturated heterocycles. The number of amides is 3. The minimum atomic E-state index is -0.516. The van der Waals surface area contributed by atoms with Gasteiger partial charge in [0, 0.05) is 13.1 Å². The van der Waals surface area contributed by atoms with E-state index in [0.29, 0.717) is 26.3 Å². The summed E-state index contributed by atoms with van der Waals surface area (Å²) < 4.78 is 10.8. The van der Waals surface area contributed by atoms with Crippen molar-refractivity contribution in [3.8, 4) is 0 Å². The standard InChI is InChI=1S/C17H19N3O4/c21-16(15-9-19-17(22)20-15)18-8-12-3-1-4-13(7-12)10-23-11-14-5-2-6-24-14/h1-7,15H,8-11H2,(H,18,21)(H2,19,20,22)/t15-/m1/s1. The van der Waals surface area contributed by atoms with Crippen molar-refractivity contribution in [1.82, 2.24) is 16.0 Å². The molecule has 1 aliphatic heterocycles. The Bertz CT molecular complexity index is 700. The lowest BCUT2D eigenvalue weighted by Gasteiger charge is -2.11.